The van der Waals surface area contributed by atoms with E-state index in [1.807, 2.05) is 13.8 Å². The maximum atomic E-state index is 11.3. The summed E-state index contributed by atoms with van der Waals surface area (Å²) >= 11 is 0. The molecule has 1 aromatic heterocycles. The van der Waals surface area contributed by atoms with Crippen LogP contribution in [0.1, 0.15) is 45.3 Å². The number of carbonyl (C=O) groups is 1. The standard InChI is InChI=1S/C15H20N2O5/c1-4-11-9(2)21-15(7-14(11)22-10(3)18)12-5-6-16-8-13(12)17(19)20/h5-6,8-9,11,14-15H,4,7H2,1-3H3. The highest BCUT2D eigenvalue weighted by Crippen LogP contribution is 2.40. The fraction of sp³-hybridized carbons (Fsp3) is 0.600. The van der Waals surface area contributed by atoms with Crippen molar-refractivity contribution in [3.63, 3.8) is 0 Å². The summed E-state index contributed by atoms with van der Waals surface area (Å²) in [7, 11) is 0. The average molecular weight is 308 g/mol. The number of hydrogen-bond donors (Lipinski definition) is 0. The number of hydrogen-bond acceptors (Lipinski definition) is 6. The van der Waals surface area contributed by atoms with Crippen LogP contribution >= 0.6 is 0 Å². The number of ether oxygens (including phenoxy) is 2. The third-order valence-electron chi connectivity index (χ3n) is 4.07. The average Bonchev–Trinajstić information content (AvgIpc) is 2.46. The summed E-state index contributed by atoms with van der Waals surface area (Å²) in [4.78, 5) is 25.8. The molecule has 4 atom stereocenters. The highest BCUT2D eigenvalue weighted by molar-refractivity contribution is 5.66. The summed E-state index contributed by atoms with van der Waals surface area (Å²) < 4.78 is 11.4. The molecule has 2 rings (SSSR count). The first-order valence-electron chi connectivity index (χ1n) is 7.35. The lowest BCUT2D eigenvalue weighted by Crippen LogP contribution is -2.41. The predicted molar refractivity (Wildman–Crippen MR) is 78.1 cm³/mol. The molecule has 0 N–H and O–H groups in total. The van der Waals surface area contributed by atoms with Gasteiger partial charge < -0.3 is 9.47 Å². The largest absolute Gasteiger partial charge is 0.462 e. The molecule has 0 spiro atoms. The number of rotatable bonds is 4. The van der Waals surface area contributed by atoms with Crippen molar-refractivity contribution in [2.24, 2.45) is 5.92 Å². The van der Waals surface area contributed by atoms with Crippen molar-refractivity contribution < 1.29 is 19.2 Å². The van der Waals surface area contributed by atoms with E-state index in [9.17, 15) is 14.9 Å². The minimum Gasteiger partial charge on any atom is -0.462 e. The molecule has 0 saturated carbocycles. The molecule has 1 saturated heterocycles. The highest BCUT2D eigenvalue weighted by atomic mass is 16.6. The minimum atomic E-state index is -0.481. The Labute approximate surface area is 128 Å². The first-order chi connectivity index (χ1) is 10.4. The fourth-order valence-electron chi connectivity index (χ4n) is 3.07. The zero-order valence-corrected chi connectivity index (χ0v) is 12.9. The van der Waals surface area contributed by atoms with Gasteiger partial charge in [-0.05, 0) is 19.4 Å². The summed E-state index contributed by atoms with van der Waals surface area (Å²) in [5.41, 5.74) is 0.398. The molecule has 4 unspecified atom stereocenters. The van der Waals surface area contributed by atoms with Crippen LogP contribution in [0.15, 0.2) is 18.5 Å². The van der Waals surface area contributed by atoms with E-state index in [1.165, 1.54) is 19.3 Å². The zero-order valence-electron chi connectivity index (χ0n) is 12.9. The number of nitrogens with zero attached hydrogens (tertiary/aromatic N) is 2. The quantitative estimate of drug-likeness (QED) is 0.482. The Hall–Kier alpha value is -2.02. The molecular weight excluding hydrogens is 288 g/mol. The molecule has 7 heteroatoms. The lowest BCUT2D eigenvalue weighted by molar-refractivity contribution is -0.386. The van der Waals surface area contributed by atoms with Crippen LogP contribution in [0.4, 0.5) is 5.69 Å². The molecule has 1 aliphatic heterocycles. The van der Waals surface area contributed by atoms with Crippen molar-refractivity contribution in [2.45, 2.75) is 51.9 Å². The van der Waals surface area contributed by atoms with E-state index in [2.05, 4.69) is 4.98 Å². The molecular formula is C15H20N2O5. The van der Waals surface area contributed by atoms with Crippen molar-refractivity contribution in [1.82, 2.24) is 4.98 Å². The number of aromatic nitrogens is 1. The van der Waals surface area contributed by atoms with Crippen LogP contribution in [0.2, 0.25) is 0 Å². The van der Waals surface area contributed by atoms with Crippen molar-refractivity contribution in [3.8, 4) is 0 Å². The van der Waals surface area contributed by atoms with Gasteiger partial charge in [0.1, 0.15) is 12.3 Å². The lowest BCUT2D eigenvalue weighted by Gasteiger charge is -2.39. The first kappa shape index (κ1) is 16.4. The SMILES string of the molecule is CCC1C(C)OC(c2ccncc2[N+](=O)[O-])CC1OC(C)=O. The van der Waals surface area contributed by atoms with Crippen LogP contribution in [0.25, 0.3) is 0 Å². The molecule has 7 nitrogen and oxygen atoms in total. The summed E-state index contributed by atoms with van der Waals surface area (Å²) in [6, 6.07) is 1.59. The summed E-state index contributed by atoms with van der Waals surface area (Å²) in [5, 5.41) is 11.2. The van der Waals surface area contributed by atoms with Crippen molar-refractivity contribution in [3.05, 3.63) is 34.1 Å². The molecule has 1 fully saturated rings. The van der Waals surface area contributed by atoms with Crippen LogP contribution in [0.3, 0.4) is 0 Å². The van der Waals surface area contributed by atoms with Gasteiger partial charge in [-0.15, -0.1) is 0 Å². The number of pyridine rings is 1. The monoisotopic (exact) mass is 308 g/mol. The topological polar surface area (TPSA) is 91.6 Å². The predicted octanol–water partition coefficient (Wildman–Crippen LogP) is 2.80. The lowest BCUT2D eigenvalue weighted by atomic mass is 9.85. The normalized spacial score (nSPS) is 28.1. The highest BCUT2D eigenvalue weighted by Gasteiger charge is 2.39. The van der Waals surface area contributed by atoms with Gasteiger partial charge >= 0.3 is 5.97 Å². The van der Waals surface area contributed by atoms with Gasteiger partial charge in [0.05, 0.1) is 22.7 Å². The first-order valence-corrected chi connectivity index (χ1v) is 7.35. The number of carbonyl (C=O) groups excluding carboxylic acids is 1. The Kier molecular flexibility index (Phi) is 5.07. The zero-order chi connectivity index (χ0) is 16.3. The second kappa shape index (κ2) is 6.83. The van der Waals surface area contributed by atoms with E-state index >= 15 is 0 Å². The Morgan fingerprint density at radius 2 is 2.32 bits per heavy atom. The molecule has 1 aliphatic rings. The summed E-state index contributed by atoms with van der Waals surface area (Å²) in [5.74, 6) is -0.262. The van der Waals surface area contributed by atoms with Crippen molar-refractivity contribution in [2.75, 3.05) is 0 Å². The van der Waals surface area contributed by atoms with E-state index in [-0.39, 0.29) is 29.8 Å². The van der Waals surface area contributed by atoms with Gasteiger partial charge in [0.25, 0.3) is 5.69 Å². The van der Waals surface area contributed by atoms with Crippen LogP contribution in [0.5, 0.6) is 0 Å². The van der Waals surface area contributed by atoms with Gasteiger partial charge in [-0.3, -0.25) is 19.9 Å². The van der Waals surface area contributed by atoms with Gasteiger partial charge in [-0.25, -0.2) is 0 Å². The minimum absolute atomic E-state index is 0.0729. The van der Waals surface area contributed by atoms with Crippen LogP contribution in [-0.2, 0) is 14.3 Å². The molecule has 0 radical (unpaired) electrons. The van der Waals surface area contributed by atoms with E-state index in [0.29, 0.717) is 12.0 Å². The van der Waals surface area contributed by atoms with Crippen LogP contribution < -0.4 is 0 Å². The van der Waals surface area contributed by atoms with Gasteiger partial charge in [0.15, 0.2) is 0 Å². The van der Waals surface area contributed by atoms with Crippen LogP contribution in [0, 0.1) is 16.0 Å². The van der Waals surface area contributed by atoms with Gasteiger partial charge in [0.2, 0.25) is 0 Å². The van der Waals surface area contributed by atoms with Crippen LogP contribution in [-0.4, -0.2) is 28.1 Å². The van der Waals surface area contributed by atoms with Gasteiger partial charge in [-0.2, -0.15) is 0 Å². The molecule has 2 heterocycles. The molecule has 0 amide bonds. The van der Waals surface area contributed by atoms with Crippen molar-refractivity contribution in [1.29, 1.82) is 0 Å². The Morgan fingerprint density at radius 1 is 1.59 bits per heavy atom. The summed E-state index contributed by atoms with van der Waals surface area (Å²) in [6.07, 6.45) is 3.01. The van der Waals surface area contributed by atoms with Gasteiger partial charge in [0, 0.05) is 25.5 Å². The summed E-state index contributed by atoms with van der Waals surface area (Å²) in [6.45, 7) is 5.29. The Morgan fingerprint density at radius 3 is 2.91 bits per heavy atom. The van der Waals surface area contributed by atoms with Gasteiger partial charge in [-0.1, -0.05) is 6.92 Å². The second-order valence-corrected chi connectivity index (χ2v) is 5.48. The van der Waals surface area contributed by atoms with E-state index < -0.39 is 11.0 Å². The second-order valence-electron chi connectivity index (χ2n) is 5.48. The fourth-order valence-corrected chi connectivity index (χ4v) is 3.07. The molecule has 120 valence electrons. The maximum absolute atomic E-state index is 11.3. The van der Waals surface area contributed by atoms with E-state index in [1.54, 1.807) is 6.07 Å². The molecule has 0 aromatic carbocycles. The Bertz CT molecular complexity index is 563. The van der Waals surface area contributed by atoms with E-state index in [4.69, 9.17) is 9.47 Å². The maximum Gasteiger partial charge on any atom is 0.302 e. The molecule has 0 aliphatic carbocycles. The third-order valence-corrected chi connectivity index (χ3v) is 4.07. The molecule has 0 bridgehead atoms. The van der Waals surface area contributed by atoms with E-state index in [0.717, 1.165) is 6.42 Å². The number of nitro groups is 1. The van der Waals surface area contributed by atoms with Crippen molar-refractivity contribution >= 4 is 11.7 Å². The smallest absolute Gasteiger partial charge is 0.302 e. The Balaban J connectivity index is 2.29. The number of esters is 1. The molecule has 1 aromatic rings. The molecule has 22 heavy (non-hydrogen) atoms. The third kappa shape index (κ3) is 3.41.